The Bertz CT molecular complexity index is 970. The second-order valence-corrected chi connectivity index (χ2v) is 6.62. The number of morpholine rings is 1. The van der Waals surface area contributed by atoms with E-state index in [0.29, 0.717) is 47.0 Å². The largest absolute Gasteiger partial charge is 0.378 e. The molecule has 1 amide bonds. The third kappa shape index (κ3) is 2.42. The summed E-state index contributed by atoms with van der Waals surface area (Å²) in [5.41, 5.74) is 1.45. The Labute approximate surface area is 135 Å². The molecular weight excluding hydrogens is 314 g/mol. The first-order chi connectivity index (χ1) is 11.1. The van der Waals surface area contributed by atoms with Crippen LogP contribution in [0.25, 0.3) is 15.9 Å². The van der Waals surface area contributed by atoms with E-state index in [1.54, 1.807) is 17.2 Å². The lowest BCUT2D eigenvalue weighted by molar-refractivity contribution is 0.0306. The molecule has 0 bridgehead atoms. The van der Waals surface area contributed by atoms with Crippen LogP contribution in [0.4, 0.5) is 0 Å². The lowest BCUT2D eigenvalue weighted by Gasteiger charge is -2.26. The van der Waals surface area contributed by atoms with Crippen molar-refractivity contribution in [2.75, 3.05) is 26.3 Å². The number of hydrogen-bond donors (Lipinski definition) is 0. The van der Waals surface area contributed by atoms with Crippen molar-refractivity contribution in [3.63, 3.8) is 0 Å². The molecule has 1 aliphatic heterocycles. The third-order valence-corrected chi connectivity index (χ3v) is 4.98. The van der Waals surface area contributed by atoms with Crippen LogP contribution < -0.4 is 5.56 Å². The summed E-state index contributed by atoms with van der Waals surface area (Å²) < 4.78 is 6.81. The van der Waals surface area contributed by atoms with E-state index in [1.165, 1.54) is 15.7 Å². The molecule has 0 N–H and O–H groups in total. The molecule has 0 saturated carbocycles. The SMILES string of the molecule is Cc1ccc2nc3sc(C(=O)N4CCOCC4)cc3c(=O)n2c1. The molecule has 4 heterocycles. The van der Waals surface area contributed by atoms with Gasteiger partial charge < -0.3 is 9.64 Å². The van der Waals surface area contributed by atoms with E-state index in [1.807, 2.05) is 19.1 Å². The Balaban J connectivity index is 1.84. The zero-order chi connectivity index (χ0) is 16.0. The summed E-state index contributed by atoms with van der Waals surface area (Å²) in [5.74, 6) is -0.0547. The highest BCUT2D eigenvalue weighted by molar-refractivity contribution is 7.20. The molecular formula is C16H15N3O3S. The minimum Gasteiger partial charge on any atom is -0.378 e. The number of aryl methyl sites for hydroxylation is 1. The summed E-state index contributed by atoms with van der Waals surface area (Å²) in [5, 5.41) is 0.495. The van der Waals surface area contributed by atoms with E-state index < -0.39 is 0 Å². The fourth-order valence-corrected chi connectivity index (χ4v) is 3.73. The standard InChI is InChI=1S/C16H15N3O3S/c1-10-2-3-13-17-14-11(15(20)19(13)9-10)8-12(23-14)16(21)18-4-6-22-7-5-18/h2-3,8-9H,4-7H2,1H3. The van der Waals surface area contributed by atoms with Crippen LogP contribution in [-0.2, 0) is 4.74 Å². The third-order valence-electron chi connectivity index (χ3n) is 3.96. The summed E-state index contributed by atoms with van der Waals surface area (Å²) in [4.78, 5) is 32.6. The fourth-order valence-electron chi connectivity index (χ4n) is 2.73. The van der Waals surface area contributed by atoms with Gasteiger partial charge in [-0.15, -0.1) is 11.3 Å². The summed E-state index contributed by atoms with van der Waals surface area (Å²) >= 11 is 1.28. The minimum absolute atomic E-state index is 0.0547. The van der Waals surface area contributed by atoms with Crippen molar-refractivity contribution in [3.8, 4) is 0 Å². The number of pyridine rings is 1. The normalized spacial score (nSPS) is 15.4. The van der Waals surface area contributed by atoms with Crippen LogP contribution in [0.3, 0.4) is 0 Å². The van der Waals surface area contributed by atoms with Crippen molar-refractivity contribution < 1.29 is 9.53 Å². The van der Waals surface area contributed by atoms with Crippen molar-refractivity contribution in [1.29, 1.82) is 0 Å². The first-order valence-corrected chi connectivity index (χ1v) is 8.25. The van der Waals surface area contributed by atoms with Gasteiger partial charge >= 0.3 is 0 Å². The number of carbonyl (C=O) groups is 1. The van der Waals surface area contributed by atoms with Crippen LogP contribution in [0, 0.1) is 6.92 Å². The molecule has 6 nitrogen and oxygen atoms in total. The number of aromatic nitrogens is 2. The van der Waals surface area contributed by atoms with Gasteiger partial charge in [0.25, 0.3) is 11.5 Å². The molecule has 118 valence electrons. The molecule has 3 aromatic heterocycles. The molecule has 23 heavy (non-hydrogen) atoms. The first kappa shape index (κ1) is 14.3. The highest BCUT2D eigenvalue weighted by atomic mass is 32.1. The molecule has 1 saturated heterocycles. The molecule has 0 spiro atoms. The van der Waals surface area contributed by atoms with E-state index in [9.17, 15) is 9.59 Å². The topological polar surface area (TPSA) is 63.9 Å². The fraction of sp³-hybridized carbons (Fsp3) is 0.312. The van der Waals surface area contributed by atoms with Gasteiger partial charge in [-0.25, -0.2) is 4.98 Å². The second kappa shape index (κ2) is 5.43. The number of ether oxygens (including phenoxy) is 1. The van der Waals surface area contributed by atoms with Crippen LogP contribution in [-0.4, -0.2) is 46.5 Å². The Morgan fingerprint density at radius 2 is 2.09 bits per heavy atom. The van der Waals surface area contributed by atoms with Crippen molar-refractivity contribution in [2.24, 2.45) is 0 Å². The van der Waals surface area contributed by atoms with Crippen LogP contribution in [0.5, 0.6) is 0 Å². The van der Waals surface area contributed by atoms with Gasteiger partial charge in [0.15, 0.2) is 0 Å². The quantitative estimate of drug-likeness (QED) is 0.681. The van der Waals surface area contributed by atoms with E-state index in [4.69, 9.17) is 4.74 Å². The molecule has 1 aliphatic rings. The van der Waals surface area contributed by atoms with Crippen molar-refractivity contribution in [3.05, 3.63) is 45.2 Å². The summed E-state index contributed by atoms with van der Waals surface area (Å²) in [6.07, 6.45) is 1.77. The summed E-state index contributed by atoms with van der Waals surface area (Å²) in [7, 11) is 0. The molecule has 0 aliphatic carbocycles. The number of fused-ring (bicyclic) bond motifs is 2. The van der Waals surface area contributed by atoms with Crippen molar-refractivity contribution in [2.45, 2.75) is 6.92 Å². The molecule has 7 heteroatoms. The van der Waals surface area contributed by atoms with Crippen molar-refractivity contribution in [1.82, 2.24) is 14.3 Å². The smallest absolute Gasteiger partial charge is 0.266 e. The molecule has 0 aromatic carbocycles. The Kier molecular flexibility index (Phi) is 3.39. The van der Waals surface area contributed by atoms with Gasteiger partial charge in [0, 0.05) is 19.3 Å². The van der Waals surface area contributed by atoms with Crippen LogP contribution in [0.1, 0.15) is 15.2 Å². The number of amides is 1. The number of rotatable bonds is 1. The molecule has 3 aromatic rings. The maximum absolute atomic E-state index is 12.6. The maximum Gasteiger partial charge on any atom is 0.266 e. The molecule has 1 fully saturated rings. The Morgan fingerprint density at radius 1 is 1.30 bits per heavy atom. The van der Waals surface area contributed by atoms with Crippen molar-refractivity contribution >= 4 is 33.1 Å². The van der Waals surface area contributed by atoms with Crippen LogP contribution in [0.2, 0.25) is 0 Å². The zero-order valence-corrected chi connectivity index (χ0v) is 13.4. The van der Waals surface area contributed by atoms with Crippen LogP contribution >= 0.6 is 11.3 Å². The number of carbonyl (C=O) groups excluding carboxylic acids is 1. The van der Waals surface area contributed by atoms with E-state index in [2.05, 4.69) is 4.98 Å². The number of hydrogen-bond acceptors (Lipinski definition) is 5. The summed E-state index contributed by atoms with van der Waals surface area (Å²) in [6, 6.07) is 5.41. The Hall–Kier alpha value is -2.25. The lowest BCUT2D eigenvalue weighted by atomic mass is 10.3. The number of nitrogens with zero attached hydrogens (tertiary/aromatic N) is 3. The lowest BCUT2D eigenvalue weighted by Crippen LogP contribution is -2.40. The first-order valence-electron chi connectivity index (χ1n) is 7.43. The van der Waals surface area contributed by atoms with Gasteiger partial charge in [0.1, 0.15) is 10.5 Å². The average molecular weight is 329 g/mol. The molecule has 0 unspecified atom stereocenters. The molecule has 0 radical (unpaired) electrons. The monoisotopic (exact) mass is 329 g/mol. The predicted molar refractivity (Wildman–Crippen MR) is 88.3 cm³/mol. The van der Waals surface area contributed by atoms with Gasteiger partial charge in [-0.2, -0.15) is 0 Å². The zero-order valence-electron chi connectivity index (χ0n) is 12.6. The average Bonchev–Trinajstić information content (AvgIpc) is 3.00. The van der Waals surface area contributed by atoms with Gasteiger partial charge in [0.05, 0.1) is 23.5 Å². The maximum atomic E-state index is 12.6. The highest BCUT2D eigenvalue weighted by Gasteiger charge is 2.21. The molecule has 4 rings (SSSR count). The minimum atomic E-state index is -0.133. The second-order valence-electron chi connectivity index (χ2n) is 5.59. The van der Waals surface area contributed by atoms with Gasteiger partial charge in [-0.1, -0.05) is 6.07 Å². The highest BCUT2D eigenvalue weighted by Crippen LogP contribution is 2.23. The number of thiophene rings is 1. The molecule has 0 atom stereocenters. The summed E-state index contributed by atoms with van der Waals surface area (Å²) in [6.45, 7) is 4.21. The van der Waals surface area contributed by atoms with E-state index in [0.717, 1.165) is 5.56 Å². The predicted octanol–water partition coefficient (Wildman–Crippen LogP) is 1.69. The Morgan fingerprint density at radius 3 is 2.87 bits per heavy atom. The van der Waals surface area contributed by atoms with Crippen LogP contribution in [0.15, 0.2) is 29.2 Å². The van der Waals surface area contributed by atoms with Gasteiger partial charge in [-0.3, -0.25) is 14.0 Å². The van der Waals surface area contributed by atoms with Gasteiger partial charge in [-0.05, 0) is 24.6 Å². The van der Waals surface area contributed by atoms with E-state index in [-0.39, 0.29) is 11.5 Å². The van der Waals surface area contributed by atoms with Gasteiger partial charge in [0.2, 0.25) is 0 Å². The van der Waals surface area contributed by atoms with E-state index >= 15 is 0 Å².